The van der Waals surface area contributed by atoms with Gasteiger partial charge in [-0.05, 0) is 42.0 Å². The molecule has 128 valence electrons. The molecule has 0 unspecified atom stereocenters. The Hall–Kier alpha value is -3.12. The average molecular weight is 336 g/mol. The van der Waals surface area contributed by atoms with Crippen LogP contribution in [0.15, 0.2) is 70.6 Å². The molecule has 1 aromatic heterocycles. The van der Waals surface area contributed by atoms with E-state index < -0.39 is 0 Å². The monoisotopic (exact) mass is 336 g/mol. The summed E-state index contributed by atoms with van der Waals surface area (Å²) in [5, 5.41) is 13.2. The minimum atomic E-state index is 0.138. The van der Waals surface area contributed by atoms with Crippen molar-refractivity contribution in [1.82, 2.24) is 4.98 Å². The Bertz CT molecular complexity index is 796. The van der Waals surface area contributed by atoms with Crippen molar-refractivity contribution in [3.05, 3.63) is 66.7 Å². The molecular formula is C19H20N4O2. The first-order chi connectivity index (χ1) is 12.3. The Labute approximate surface area is 146 Å². The quantitative estimate of drug-likeness (QED) is 0.512. The molecule has 0 spiro atoms. The predicted octanol–water partition coefficient (Wildman–Crippen LogP) is 3.22. The van der Waals surface area contributed by atoms with Gasteiger partial charge in [0, 0.05) is 24.8 Å². The van der Waals surface area contributed by atoms with Crippen molar-refractivity contribution < 1.29 is 9.52 Å². The van der Waals surface area contributed by atoms with Crippen LogP contribution in [-0.2, 0) is 0 Å². The number of anilines is 2. The number of hydrogen-bond acceptors (Lipinski definition) is 6. The summed E-state index contributed by atoms with van der Waals surface area (Å²) < 4.78 is 5.26. The molecule has 0 amide bonds. The summed E-state index contributed by atoms with van der Waals surface area (Å²) in [5.41, 5.74) is 6.91. The predicted molar refractivity (Wildman–Crippen MR) is 100.0 cm³/mol. The number of aliphatic hydroxyl groups is 1. The Morgan fingerprint density at radius 2 is 1.92 bits per heavy atom. The summed E-state index contributed by atoms with van der Waals surface area (Å²) in [7, 11) is 1.95. The van der Waals surface area contributed by atoms with Gasteiger partial charge in [0.05, 0.1) is 24.7 Å². The van der Waals surface area contributed by atoms with Crippen LogP contribution in [0.3, 0.4) is 0 Å². The molecule has 2 aromatic carbocycles. The first kappa shape index (κ1) is 16.7. The van der Waals surface area contributed by atoms with Crippen molar-refractivity contribution in [1.29, 1.82) is 0 Å². The molecule has 0 aliphatic carbocycles. The second-order valence-electron chi connectivity index (χ2n) is 5.55. The van der Waals surface area contributed by atoms with E-state index in [4.69, 9.17) is 9.52 Å². The highest BCUT2D eigenvalue weighted by Crippen LogP contribution is 2.20. The van der Waals surface area contributed by atoms with E-state index in [0.29, 0.717) is 6.54 Å². The van der Waals surface area contributed by atoms with Crippen LogP contribution in [0.25, 0.3) is 11.3 Å². The van der Waals surface area contributed by atoms with E-state index in [1.165, 1.54) is 6.39 Å². The fourth-order valence-corrected chi connectivity index (χ4v) is 2.34. The van der Waals surface area contributed by atoms with E-state index in [9.17, 15) is 0 Å². The number of aliphatic hydroxyl groups excluding tert-OH is 1. The number of nitrogens with zero attached hydrogens (tertiary/aromatic N) is 3. The minimum absolute atomic E-state index is 0.138. The number of hydrogen-bond donors (Lipinski definition) is 2. The second kappa shape index (κ2) is 8.12. The van der Waals surface area contributed by atoms with Gasteiger partial charge in [-0.1, -0.05) is 12.1 Å². The summed E-state index contributed by atoms with van der Waals surface area (Å²) in [6.07, 6.45) is 4.86. The highest BCUT2D eigenvalue weighted by atomic mass is 16.3. The fourth-order valence-electron chi connectivity index (χ4n) is 2.34. The maximum atomic E-state index is 8.97. The maximum absolute atomic E-state index is 8.97. The van der Waals surface area contributed by atoms with E-state index in [1.807, 2.05) is 60.5 Å². The van der Waals surface area contributed by atoms with Crippen LogP contribution in [0.5, 0.6) is 0 Å². The van der Waals surface area contributed by atoms with Gasteiger partial charge in [0.2, 0.25) is 0 Å². The molecular weight excluding hydrogens is 316 g/mol. The third-order valence-electron chi connectivity index (χ3n) is 3.78. The summed E-state index contributed by atoms with van der Waals surface area (Å²) in [6, 6.07) is 15.7. The van der Waals surface area contributed by atoms with Crippen LogP contribution in [0.1, 0.15) is 5.56 Å². The molecule has 0 saturated carbocycles. The minimum Gasteiger partial charge on any atom is -0.444 e. The highest BCUT2D eigenvalue weighted by molar-refractivity contribution is 5.81. The highest BCUT2D eigenvalue weighted by Gasteiger charge is 2.01. The van der Waals surface area contributed by atoms with Crippen LogP contribution in [0, 0.1) is 0 Å². The van der Waals surface area contributed by atoms with E-state index in [-0.39, 0.29) is 6.61 Å². The number of nitrogens with one attached hydrogen (secondary N) is 1. The Morgan fingerprint density at radius 1 is 1.16 bits per heavy atom. The zero-order chi connectivity index (χ0) is 17.5. The van der Waals surface area contributed by atoms with E-state index >= 15 is 0 Å². The van der Waals surface area contributed by atoms with E-state index in [1.54, 1.807) is 12.4 Å². The number of oxazole rings is 1. The van der Waals surface area contributed by atoms with Crippen LogP contribution in [-0.4, -0.2) is 36.5 Å². The lowest BCUT2D eigenvalue weighted by atomic mass is 10.2. The smallest absolute Gasteiger partial charge is 0.181 e. The fraction of sp³-hybridized carbons (Fsp3) is 0.158. The first-order valence-electron chi connectivity index (χ1n) is 7.96. The molecule has 0 bridgehead atoms. The summed E-state index contributed by atoms with van der Waals surface area (Å²) in [4.78, 5) is 5.91. The molecule has 0 atom stereocenters. The third kappa shape index (κ3) is 4.45. The summed E-state index contributed by atoms with van der Waals surface area (Å²) in [6.45, 7) is 0.748. The number of likely N-dealkylation sites (N-methyl/N-ethyl adjacent to an activating group) is 1. The lowest BCUT2D eigenvalue weighted by molar-refractivity contribution is 0.304. The standard InChI is InChI=1S/C19H20N4O2/c1-23(10-11-24)18-8-2-15(3-9-18)12-21-22-17-6-4-16(5-7-17)19-13-20-14-25-19/h2-9,12-14,22,24H,10-11H2,1H3. The Morgan fingerprint density at radius 3 is 2.56 bits per heavy atom. The van der Waals surface area contributed by atoms with Gasteiger partial charge in [0.15, 0.2) is 12.2 Å². The van der Waals surface area contributed by atoms with Crippen LogP contribution >= 0.6 is 0 Å². The van der Waals surface area contributed by atoms with Crippen molar-refractivity contribution in [2.45, 2.75) is 0 Å². The summed E-state index contributed by atoms with van der Waals surface area (Å²) >= 11 is 0. The molecule has 0 radical (unpaired) electrons. The molecule has 3 rings (SSSR count). The lowest BCUT2D eigenvalue weighted by Gasteiger charge is -2.17. The molecule has 2 N–H and O–H groups in total. The lowest BCUT2D eigenvalue weighted by Crippen LogP contribution is -2.20. The first-order valence-corrected chi connectivity index (χ1v) is 7.96. The van der Waals surface area contributed by atoms with Crippen molar-refractivity contribution in [3.8, 4) is 11.3 Å². The van der Waals surface area contributed by atoms with Gasteiger partial charge in [-0.2, -0.15) is 5.10 Å². The van der Waals surface area contributed by atoms with Gasteiger partial charge in [0.1, 0.15) is 0 Å². The van der Waals surface area contributed by atoms with Crippen LogP contribution < -0.4 is 10.3 Å². The summed E-state index contributed by atoms with van der Waals surface area (Å²) in [5.74, 6) is 0.737. The molecule has 25 heavy (non-hydrogen) atoms. The van der Waals surface area contributed by atoms with Crippen LogP contribution in [0.4, 0.5) is 11.4 Å². The Kier molecular flexibility index (Phi) is 5.43. The topological polar surface area (TPSA) is 73.9 Å². The number of aromatic nitrogens is 1. The van der Waals surface area contributed by atoms with Crippen molar-refractivity contribution in [2.75, 3.05) is 30.5 Å². The van der Waals surface area contributed by atoms with Gasteiger partial charge in [0.25, 0.3) is 0 Å². The number of hydrazone groups is 1. The molecule has 0 fully saturated rings. The zero-order valence-electron chi connectivity index (χ0n) is 14.0. The largest absolute Gasteiger partial charge is 0.444 e. The molecule has 6 heteroatoms. The van der Waals surface area contributed by atoms with Gasteiger partial charge >= 0.3 is 0 Å². The molecule has 1 heterocycles. The normalized spacial score (nSPS) is 11.0. The van der Waals surface area contributed by atoms with Crippen molar-refractivity contribution >= 4 is 17.6 Å². The molecule has 0 saturated heterocycles. The zero-order valence-corrected chi connectivity index (χ0v) is 14.0. The van der Waals surface area contributed by atoms with Crippen LogP contribution in [0.2, 0.25) is 0 Å². The second-order valence-corrected chi connectivity index (χ2v) is 5.55. The molecule has 0 aliphatic heterocycles. The van der Waals surface area contributed by atoms with Crippen molar-refractivity contribution in [3.63, 3.8) is 0 Å². The van der Waals surface area contributed by atoms with E-state index in [0.717, 1.165) is 28.3 Å². The number of rotatable bonds is 7. The molecule has 6 nitrogen and oxygen atoms in total. The molecule has 0 aliphatic rings. The van der Waals surface area contributed by atoms with Gasteiger partial charge < -0.3 is 14.4 Å². The molecule has 3 aromatic rings. The number of benzene rings is 2. The SMILES string of the molecule is CN(CCO)c1ccc(C=NNc2ccc(-c3cnco3)cc2)cc1. The van der Waals surface area contributed by atoms with E-state index in [2.05, 4.69) is 15.5 Å². The average Bonchev–Trinajstić information content (AvgIpc) is 3.18. The maximum Gasteiger partial charge on any atom is 0.181 e. The van der Waals surface area contributed by atoms with Gasteiger partial charge in [-0.3, -0.25) is 5.43 Å². The van der Waals surface area contributed by atoms with Gasteiger partial charge in [-0.25, -0.2) is 4.98 Å². The van der Waals surface area contributed by atoms with Crippen molar-refractivity contribution in [2.24, 2.45) is 5.10 Å². The van der Waals surface area contributed by atoms with Gasteiger partial charge in [-0.15, -0.1) is 0 Å². The third-order valence-corrected chi connectivity index (χ3v) is 3.78. The Balaban J connectivity index is 1.57.